The van der Waals surface area contributed by atoms with Crippen molar-refractivity contribution in [1.82, 2.24) is 0 Å². The lowest BCUT2D eigenvalue weighted by atomic mass is 10.1. The fourth-order valence-electron chi connectivity index (χ4n) is 6.22. The lowest BCUT2D eigenvalue weighted by Gasteiger charge is -2.43. The van der Waals surface area contributed by atoms with Crippen LogP contribution in [0.5, 0.6) is 11.5 Å². The minimum absolute atomic E-state index is 0.00785. The standard InChI is InChI=1S/C39H33O6P/c1-3-43-38(42)39(27-29-16-8-4-9-17-29,45-37-34(40)25-24-33-28(2)26-35(41)44-36(33)37)46(30-18-10-5-11-19-30,31-20-12-6-13-21-31)32-22-14-7-15-23-32/h4-26H,3,27H2,1-2H3. The zero-order valence-corrected chi connectivity index (χ0v) is 26.5. The Labute approximate surface area is 268 Å². The highest BCUT2D eigenvalue weighted by Crippen LogP contribution is 2.68. The second-order valence-electron chi connectivity index (χ2n) is 11.0. The quantitative estimate of drug-likeness (QED) is 0.104. The number of carbonyl (C=O) groups excluding carboxylic acids is 1. The normalized spacial score (nSPS) is 12.7. The van der Waals surface area contributed by atoms with Crippen molar-refractivity contribution >= 4 is 40.1 Å². The van der Waals surface area contributed by atoms with Gasteiger partial charge in [0.1, 0.15) is 15.9 Å². The van der Waals surface area contributed by atoms with E-state index in [0.29, 0.717) is 10.9 Å². The smallest absolute Gasteiger partial charge is 0.392 e. The van der Waals surface area contributed by atoms with Gasteiger partial charge in [0.15, 0.2) is 18.6 Å². The summed E-state index contributed by atoms with van der Waals surface area (Å²) in [5.41, 5.74) is 0.788. The van der Waals surface area contributed by atoms with Crippen molar-refractivity contribution in [3.63, 3.8) is 0 Å². The van der Waals surface area contributed by atoms with Crippen LogP contribution in [0.3, 0.4) is 0 Å². The Kier molecular flexibility index (Phi) is 8.74. The maximum atomic E-state index is 15.1. The van der Waals surface area contributed by atoms with Crippen molar-refractivity contribution in [3.05, 3.63) is 161 Å². The molecular weight excluding hydrogens is 595 g/mol. The maximum Gasteiger partial charge on any atom is 0.392 e. The Hall–Kier alpha value is -5.19. The van der Waals surface area contributed by atoms with Gasteiger partial charge in [0.2, 0.25) is 0 Å². The van der Waals surface area contributed by atoms with Crippen LogP contribution in [-0.4, -0.2) is 17.9 Å². The van der Waals surface area contributed by atoms with Crippen LogP contribution >= 0.6 is 7.26 Å². The number of benzene rings is 5. The lowest BCUT2D eigenvalue weighted by Crippen LogP contribution is -2.58. The summed E-state index contributed by atoms with van der Waals surface area (Å²) in [4.78, 5) is 27.8. The van der Waals surface area contributed by atoms with Crippen LogP contribution in [0.4, 0.5) is 0 Å². The van der Waals surface area contributed by atoms with E-state index in [1.165, 1.54) is 12.1 Å². The van der Waals surface area contributed by atoms with Crippen LogP contribution in [0.25, 0.3) is 11.0 Å². The average Bonchev–Trinajstić information content (AvgIpc) is 3.08. The number of hydrogen-bond donors (Lipinski definition) is 0. The summed E-state index contributed by atoms with van der Waals surface area (Å²) < 4.78 is 18.8. The van der Waals surface area contributed by atoms with E-state index in [4.69, 9.17) is 13.9 Å². The number of carbonyl (C=O) groups is 1. The molecule has 6 rings (SSSR count). The molecule has 0 aliphatic heterocycles. The fourth-order valence-corrected chi connectivity index (χ4v) is 11.2. The van der Waals surface area contributed by atoms with Crippen LogP contribution in [-0.2, 0) is 16.0 Å². The van der Waals surface area contributed by atoms with Gasteiger partial charge in [0, 0.05) is 11.5 Å². The maximum absolute atomic E-state index is 15.1. The van der Waals surface area contributed by atoms with E-state index in [0.717, 1.165) is 21.5 Å². The van der Waals surface area contributed by atoms with Crippen molar-refractivity contribution in [2.24, 2.45) is 0 Å². The first-order chi connectivity index (χ1) is 22.4. The molecule has 7 heteroatoms. The van der Waals surface area contributed by atoms with Gasteiger partial charge >= 0.3 is 16.9 Å². The molecule has 1 unspecified atom stereocenters. The zero-order valence-electron chi connectivity index (χ0n) is 25.6. The van der Waals surface area contributed by atoms with Gasteiger partial charge in [0.05, 0.1) is 13.0 Å². The van der Waals surface area contributed by atoms with Crippen molar-refractivity contribution in [2.75, 3.05) is 6.61 Å². The minimum Gasteiger partial charge on any atom is -0.870 e. The number of rotatable bonds is 10. The van der Waals surface area contributed by atoms with Crippen molar-refractivity contribution in [1.29, 1.82) is 0 Å². The molecule has 1 aromatic heterocycles. The zero-order chi connectivity index (χ0) is 32.1. The predicted octanol–water partition coefficient (Wildman–Crippen LogP) is 6.05. The molecule has 0 radical (unpaired) electrons. The molecule has 0 amide bonds. The van der Waals surface area contributed by atoms with Gasteiger partial charge in [-0.05, 0) is 61.4 Å². The monoisotopic (exact) mass is 628 g/mol. The minimum atomic E-state index is -3.29. The Morgan fingerprint density at radius 2 is 1.26 bits per heavy atom. The topological polar surface area (TPSA) is 88.8 Å². The van der Waals surface area contributed by atoms with E-state index in [1.54, 1.807) is 19.9 Å². The van der Waals surface area contributed by atoms with Crippen LogP contribution in [0.15, 0.2) is 149 Å². The van der Waals surface area contributed by atoms with Crippen molar-refractivity contribution < 1.29 is 23.8 Å². The molecule has 5 aromatic carbocycles. The van der Waals surface area contributed by atoms with Crippen LogP contribution in [0, 0.1) is 6.92 Å². The van der Waals surface area contributed by atoms with Gasteiger partial charge in [-0.1, -0.05) is 103 Å². The van der Waals surface area contributed by atoms with E-state index >= 15 is 4.79 Å². The molecule has 0 fully saturated rings. The van der Waals surface area contributed by atoms with Crippen LogP contribution in [0.2, 0.25) is 0 Å². The molecule has 0 N–H and O–H groups in total. The Balaban J connectivity index is 1.83. The summed E-state index contributed by atoms with van der Waals surface area (Å²) in [5.74, 6) is -1.36. The highest BCUT2D eigenvalue weighted by Gasteiger charge is 2.71. The largest absolute Gasteiger partial charge is 0.870 e. The number of aryl methyl sites for hydroxylation is 1. The summed E-state index contributed by atoms with van der Waals surface area (Å²) >= 11 is 0. The summed E-state index contributed by atoms with van der Waals surface area (Å²) in [7, 11) is -3.29. The SMILES string of the molecule is CCOC(=O)C(Cc1ccccc1)(Oc1c([O-])ccc2c(C)cc(=O)oc12)[P+](c1ccccc1)(c1ccccc1)c1ccccc1. The van der Waals surface area contributed by atoms with E-state index in [-0.39, 0.29) is 24.4 Å². The molecule has 0 spiro atoms. The van der Waals surface area contributed by atoms with E-state index in [1.807, 2.05) is 121 Å². The third-order valence-corrected chi connectivity index (χ3v) is 12.9. The molecule has 6 aromatic rings. The van der Waals surface area contributed by atoms with Gasteiger partial charge in [-0.2, -0.15) is 0 Å². The number of fused-ring (bicyclic) bond motifs is 1. The third-order valence-electron chi connectivity index (χ3n) is 8.16. The molecular formula is C39H33O6P. The molecule has 0 bridgehead atoms. The molecule has 46 heavy (non-hydrogen) atoms. The van der Waals surface area contributed by atoms with Gasteiger partial charge in [0.25, 0.3) is 0 Å². The summed E-state index contributed by atoms with van der Waals surface area (Å²) in [6, 6.07) is 43.4. The predicted molar refractivity (Wildman–Crippen MR) is 182 cm³/mol. The van der Waals surface area contributed by atoms with Gasteiger partial charge in [-0.25, -0.2) is 9.59 Å². The van der Waals surface area contributed by atoms with Crippen LogP contribution in [0.1, 0.15) is 18.1 Å². The van der Waals surface area contributed by atoms with E-state index in [9.17, 15) is 9.90 Å². The van der Waals surface area contributed by atoms with Crippen molar-refractivity contribution in [3.8, 4) is 11.5 Å². The van der Waals surface area contributed by atoms with Gasteiger partial charge < -0.3 is 19.0 Å². The summed E-state index contributed by atoms with van der Waals surface area (Å²) in [5, 5.41) is 15.1. The molecule has 230 valence electrons. The molecule has 1 heterocycles. The van der Waals surface area contributed by atoms with Crippen molar-refractivity contribution in [2.45, 2.75) is 25.6 Å². The average molecular weight is 629 g/mol. The van der Waals surface area contributed by atoms with E-state index < -0.39 is 29.9 Å². The number of esters is 1. The highest BCUT2D eigenvalue weighted by molar-refractivity contribution is 7.97. The first-order valence-corrected chi connectivity index (χ1v) is 16.9. The Morgan fingerprint density at radius 1 is 0.761 bits per heavy atom. The Bertz CT molecular complexity index is 1910. The molecule has 0 saturated heterocycles. The fraction of sp³-hybridized carbons (Fsp3) is 0.128. The molecule has 0 saturated carbocycles. The van der Waals surface area contributed by atoms with E-state index in [2.05, 4.69) is 0 Å². The number of ether oxygens (including phenoxy) is 2. The second kappa shape index (κ2) is 13.0. The first-order valence-electron chi connectivity index (χ1n) is 15.1. The third kappa shape index (κ3) is 5.35. The second-order valence-corrected chi connectivity index (χ2v) is 14.6. The van der Waals surface area contributed by atoms with Gasteiger partial charge in [-0.3, -0.25) is 0 Å². The number of hydrogen-bond acceptors (Lipinski definition) is 6. The lowest BCUT2D eigenvalue weighted by molar-refractivity contribution is -0.270. The summed E-state index contributed by atoms with van der Waals surface area (Å²) in [6.07, 6.45) is 0.0466. The molecule has 6 nitrogen and oxygen atoms in total. The first kappa shape index (κ1) is 30.8. The van der Waals surface area contributed by atoms with Gasteiger partial charge in [-0.15, -0.1) is 0 Å². The molecule has 0 aliphatic rings. The molecule has 1 atom stereocenters. The molecule has 0 aliphatic carbocycles. The highest BCUT2D eigenvalue weighted by atomic mass is 31.2. The Morgan fingerprint density at radius 3 is 1.76 bits per heavy atom. The summed E-state index contributed by atoms with van der Waals surface area (Å²) in [6.45, 7) is 3.59. The van der Waals surface area contributed by atoms with Crippen LogP contribution < -0.4 is 31.4 Å².